The minimum atomic E-state index is 0.649. The number of nitrogens with one attached hydrogen (secondary N) is 1. The van der Waals surface area contributed by atoms with Crippen molar-refractivity contribution in [1.82, 2.24) is 5.32 Å². The highest BCUT2D eigenvalue weighted by atomic mass is 35.5. The Morgan fingerprint density at radius 3 is 2.57 bits per heavy atom. The van der Waals surface area contributed by atoms with E-state index < -0.39 is 0 Å². The maximum atomic E-state index is 5.81. The summed E-state index contributed by atoms with van der Waals surface area (Å²) >= 11 is 7.76. The van der Waals surface area contributed by atoms with E-state index in [-0.39, 0.29) is 0 Å². The summed E-state index contributed by atoms with van der Waals surface area (Å²) in [5, 5.41) is 4.63. The summed E-state index contributed by atoms with van der Waals surface area (Å²) in [6.45, 7) is 3.29. The van der Waals surface area contributed by atoms with Crippen LogP contribution in [0.15, 0.2) is 24.3 Å². The first-order chi connectivity index (χ1) is 6.72. The molecule has 1 N–H and O–H groups in total. The van der Waals surface area contributed by atoms with Gasteiger partial charge in [0.25, 0.3) is 0 Å². The molecule has 0 amide bonds. The lowest BCUT2D eigenvalue weighted by molar-refractivity contribution is 0.785. The zero-order chi connectivity index (χ0) is 10.4. The van der Waals surface area contributed by atoms with Crippen LogP contribution in [0.25, 0.3) is 0 Å². The van der Waals surface area contributed by atoms with E-state index in [9.17, 15) is 0 Å². The van der Waals surface area contributed by atoms with Crippen LogP contribution in [0, 0.1) is 0 Å². The molecule has 1 unspecified atom stereocenters. The maximum Gasteiger partial charge on any atom is 0.0406 e. The van der Waals surface area contributed by atoms with E-state index in [2.05, 4.69) is 24.4 Å². The standard InChI is InChI=1S/C11H16ClNS/c1-9(7-13-2)14-8-10-3-5-11(12)6-4-10/h3-6,9,13H,7-8H2,1-2H3. The Balaban J connectivity index is 2.34. The molecule has 14 heavy (non-hydrogen) atoms. The molecule has 0 bridgehead atoms. The molecule has 0 saturated carbocycles. The second kappa shape index (κ2) is 6.33. The largest absolute Gasteiger partial charge is 0.319 e. The molecule has 3 heteroatoms. The Morgan fingerprint density at radius 2 is 2.00 bits per heavy atom. The van der Waals surface area contributed by atoms with Gasteiger partial charge in [-0.15, -0.1) is 0 Å². The van der Waals surface area contributed by atoms with Gasteiger partial charge in [-0.25, -0.2) is 0 Å². The average Bonchev–Trinajstić information content (AvgIpc) is 2.17. The van der Waals surface area contributed by atoms with E-state index in [0.717, 1.165) is 17.3 Å². The summed E-state index contributed by atoms with van der Waals surface area (Å²) in [6, 6.07) is 8.06. The lowest BCUT2D eigenvalue weighted by Crippen LogP contribution is -2.17. The normalized spacial score (nSPS) is 12.8. The first kappa shape index (κ1) is 11.9. The van der Waals surface area contributed by atoms with E-state index in [4.69, 9.17) is 11.6 Å². The van der Waals surface area contributed by atoms with Crippen LogP contribution < -0.4 is 5.32 Å². The van der Waals surface area contributed by atoms with Gasteiger partial charge in [-0.2, -0.15) is 11.8 Å². The molecule has 0 heterocycles. The van der Waals surface area contributed by atoms with Gasteiger partial charge in [-0.1, -0.05) is 30.7 Å². The average molecular weight is 230 g/mol. The molecule has 78 valence electrons. The van der Waals surface area contributed by atoms with E-state index in [1.165, 1.54) is 5.56 Å². The third kappa shape index (κ3) is 4.36. The molecular formula is C11H16ClNS. The van der Waals surface area contributed by atoms with Gasteiger partial charge in [0.15, 0.2) is 0 Å². The smallest absolute Gasteiger partial charge is 0.0406 e. The van der Waals surface area contributed by atoms with E-state index in [1.54, 1.807) is 0 Å². The van der Waals surface area contributed by atoms with Crippen LogP contribution in [0.3, 0.4) is 0 Å². The van der Waals surface area contributed by atoms with E-state index in [0.29, 0.717) is 5.25 Å². The van der Waals surface area contributed by atoms with Crippen LogP contribution in [-0.4, -0.2) is 18.8 Å². The molecule has 1 aromatic carbocycles. The maximum absolute atomic E-state index is 5.81. The molecule has 1 atom stereocenters. The fourth-order valence-corrected chi connectivity index (χ4v) is 2.25. The van der Waals surface area contributed by atoms with Crippen LogP contribution in [-0.2, 0) is 5.75 Å². The summed E-state index contributed by atoms with van der Waals surface area (Å²) in [7, 11) is 1.99. The van der Waals surface area contributed by atoms with Crippen molar-refractivity contribution in [2.24, 2.45) is 0 Å². The van der Waals surface area contributed by atoms with Gasteiger partial charge in [-0.05, 0) is 24.7 Å². The lowest BCUT2D eigenvalue weighted by Gasteiger charge is -2.09. The van der Waals surface area contributed by atoms with Crippen molar-refractivity contribution in [2.45, 2.75) is 17.9 Å². The minimum Gasteiger partial charge on any atom is -0.319 e. The number of hydrogen-bond donors (Lipinski definition) is 1. The van der Waals surface area contributed by atoms with Crippen LogP contribution in [0.2, 0.25) is 5.02 Å². The van der Waals surface area contributed by atoms with Gasteiger partial charge < -0.3 is 5.32 Å². The van der Waals surface area contributed by atoms with Crippen molar-refractivity contribution in [2.75, 3.05) is 13.6 Å². The highest BCUT2D eigenvalue weighted by molar-refractivity contribution is 7.99. The Kier molecular flexibility index (Phi) is 5.38. The van der Waals surface area contributed by atoms with Gasteiger partial charge in [0.2, 0.25) is 0 Å². The number of thioether (sulfide) groups is 1. The third-order valence-electron chi connectivity index (χ3n) is 1.94. The molecular weight excluding hydrogens is 214 g/mol. The second-order valence-corrected chi connectivity index (χ2v) is 5.17. The minimum absolute atomic E-state index is 0.649. The predicted octanol–water partition coefficient (Wildman–Crippen LogP) is 3.18. The lowest BCUT2D eigenvalue weighted by atomic mass is 10.2. The molecule has 0 saturated heterocycles. The Bertz CT molecular complexity index is 260. The Labute approximate surface area is 95.2 Å². The van der Waals surface area contributed by atoms with Gasteiger partial charge in [0.05, 0.1) is 0 Å². The summed E-state index contributed by atoms with van der Waals surface area (Å²) in [5.41, 5.74) is 1.34. The predicted molar refractivity (Wildman–Crippen MR) is 66.1 cm³/mol. The van der Waals surface area contributed by atoms with Crippen molar-refractivity contribution in [3.05, 3.63) is 34.9 Å². The Hall–Kier alpha value is -0.180. The molecule has 1 aromatic rings. The topological polar surface area (TPSA) is 12.0 Å². The number of benzene rings is 1. The van der Waals surface area contributed by atoms with Gasteiger partial charge in [-0.3, -0.25) is 0 Å². The monoisotopic (exact) mass is 229 g/mol. The summed E-state index contributed by atoms with van der Waals surface area (Å²) < 4.78 is 0. The molecule has 1 rings (SSSR count). The zero-order valence-corrected chi connectivity index (χ0v) is 10.2. The van der Waals surface area contributed by atoms with Gasteiger partial charge in [0.1, 0.15) is 0 Å². The SMILES string of the molecule is CNCC(C)SCc1ccc(Cl)cc1. The summed E-state index contributed by atoms with van der Waals surface area (Å²) in [5.74, 6) is 1.06. The van der Waals surface area contributed by atoms with Crippen molar-refractivity contribution in [1.29, 1.82) is 0 Å². The van der Waals surface area contributed by atoms with Crippen LogP contribution in [0.5, 0.6) is 0 Å². The number of rotatable bonds is 5. The van der Waals surface area contributed by atoms with Crippen molar-refractivity contribution < 1.29 is 0 Å². The van der Waals surface area contributed by atoms with Crippen LogP contribution >= 0.6 is 23.4 Å². The fourth-order valence-electron chi connectivity index (χ4n) is 1.17. The summed E-state index contributed by atoms with van der Waals surface area (Å²) in [4.78, 5) is 0. The van der Waals surface area contributed by atoms with Crippen LogP contribution in [0.4, 0.5) is 0 Å². The molecule has 0 aliphatic heterocycles. The van der Waals surface area contributed by atoms with E-state index >= 15 is 0 Å². The Morgan fingerprint density at radius 1 is 1.36 bits per heavy atom. The number of hydrogen-bond acceptors (Lipinski definition) is 2. The molecule has 0 radical (unpaired) electrons. The van der Waals surface area contributed by atoms with Crippen molar-refractivity contribution in [3.8, 4) is 0 Å². The van der Waals surface area contributed by atoms with Crippen molar-refractivity contribution >= 4 is 23.4 Å². The fraction of sp³-hybridized carbons (Fsp3) is 0.455. The highest BCUT2D eigenvalue weighted by Gasteiger charge is 2.01. The third-order valence-corrected chi connectivity index (χ3v) is 3.43. The first-order valence-corrected chi connectivity index (χ1v) is 6.15. The molecule has 0 aromatic heterocycles. The highest BCUT2D eigenvalue weighted by Crippen LogP contribution is 2.18. The van der Waals surface area contributed by atoms with Crippen LogP contribution in [0.1, 0.15) is 12.5 Å². The molecule has 0 aliphatic rings. The summed E-state index contributed by atoms with van der Waals surface area (Å²) in [6.07, 6.45) is 0. The second-order valence-electron chi connectivity index (χ2n) is 3.31. The quantitative estimate of drug-likeness (QED) is 0.833. The van der Waals surface area contributed by atoms with Crippen molar-refractivity contribution in [3.63, 3.8) is 0 Å². The van der Waals surface area contributed by atoms with E-state index in [1.807, 2.05) is 30.9 Å². The van der Waals surface area contributed by atoms with Gasteiger partial charge in [0, 0.05) is 22.6 Å². The van der Waals surface area contributed by atoms with Gasteiger partial charge >= 0.3 is 0 Å². The molecule has 1 nitrogen and oxygen atoms in total. The number of halogens is 1. The molecule has 0 aliphatic carbocycles. The molecule has 0 spiro atoms. The molecule has 0 fully saturated rings. The first-order valence-electron chi connectivity index (χ1n) is 4.73. The zero-order valence-electron chi connectivity index (χ0n) is 8.59.